The standard InChI is InChI=1S/C28H26N6/c1-2-33(24-16-10-14-22-13-6-7-15-23(22)24)27-26(29)28(32-20-31-27)34(25-17-8-9-18-30-25)19-21-11-4-3-5-12-21/h3-18,20H,2,19,29H2,1H3. The van der Waals surface area contributed by atoms with Gasteiger partial charge in [0.15, 0.2) is 11.6 Å². The van der Waals surface area contributed by atoms with Crippen LogP contribution in [0.3, 0.4) is 0 Å². The van der Waals surface area contributed by atoms with E-state index in [1.165, 1.54) is 5.39 Å². The number of fused-ring (bicyclic) bond motifs is 1. The minimum absolute atomic E-state index is 0.513. The van der Waals surface area contributed by atoms with Crippen LogP contribution in [0.1, 0.15) is 12.5 Å². The molecule has 0 unspecified atom stereocenters. The average molecular weight is 447 g/mol. The maximum atomic E-state index is 6.80. The lowest BCUT2D eigenvalue weighted by Crippen LogP contribution is -2.24. The Kier molecular flexibility index (Phi) is 6.03. The lowest BCUT2D eigenvalue weighted by Gasteiger charge is -2.28. The highest BCUT2D eigenvalue weighted by molar-refractivity contribution is 5.97. The molecule has 5 aromatic rings. The number of aromatic nitrogens is 3. The van der Waals surface area contributed by atoms with E-state index < -0.39 is 0 Å². The third-order valence-electron chi connectivity index (χ3n) is 5.84. The number of benzene rings is 3. The molecule has 2 N–H and O–H groups in total. The number of pyridine rings is 1. The SMILES string of the molecule is CCN(c1ncnc(N(Cc2ccccc2)c2ccccn2)c1N)c1cccc2ccccc12. The first-order valence-electron chi connectivity index (χ1n) is 11.3. The van der Waals surface area contributed by atoms with Crippen LogP contribution in [0.5, 0.6) is 0 Å². The topological polar surface area (TPSA) is 71.2 Å². The van der Waals surface area contributed by atoms with Gasteiger partial charge in [0, 0.05) is 18.1 Å². The first kappa shape index (κ1) is 21.4. The van der Waals surface area contributed by atoms with E-state index >= 15 is 0 Å². The fourth-order valence-electron chi connectivity index (χ4n) is 4.23. The van der Waals surface area contributed by atoms with Crippen molar-refractivity contribution in [3.8, 4) is 0 Å². The monoisotopic (exact) mass is 446 g/mol. The molecule has 0 saturated heterocycles. The summed E-state index contributed by atoms with van der Waals surface area (Å²) in [5.74, 6) is 2.08. The first-order valence-corrected chi connectivity index (χ1v) is 11.3. The molecular weight excluding hydrogens is 420 g/mol. The van der Waals surface area contributed by atoms with Crippen molar-refractivity contribution in [3.05, 3.63) is 109 Å². The van der Waals surface area contributed by atoms with E-state index in [4.69, 9.17) is 5.73 Å². The van der Waals surface area contributed by atoms with Crippen molar-refractivity contribution in [3.63, 3.8) is 0 Å². The number of hydrogen-bond donors (Lipinski definition) is 1. The average Bonchev–Trinajstić information content (AvgIpc) is 2.90. The van der Waals surface area contributed by atoms with Gasteiger partial charge in [0.05, 0.1) is 12.2 Å². The molecule has 0 amide bonds. The van der Waals surface area contributed by atoms with Gasteiger partial charge in [-0.05, 0) is 36.1 Å². The van der Waals surface area contributed by atoms with Crippen LogP contribution in [0.4, 0.5) is 28.8 Å². The Hall–Kier alpha value is -4.45. The summed E-state index contributed by atoms with van der Waals surface area (Å²) in [4.78, 5) is 18.0. The van der Waals surface area contributed by atoms with Crippen LogP contribution in [0, 0.1) is 0 Å². The zero-order valence-corrected chi connectivity index (χ0v) is 19.0. The molecule has 3 aromatic carbocycles. The van der Waals surface area contributed by atoms with Crippen LogP contribution in [0.25, 0.3) is 10.8 Å². The van der Waals surface area contributed by atoms with Crippen LogP contribution >= 0.6 is 0 Å². The van der Waals surface area contributed by atoms with Crippen molar-refractivity contribution < 1.29 is 0 Å². The summed E-state index contributed by atoms with van der Waals surface area (Å²) in [6, 6.07) is 30.7. The van der Waals surface area contributed by atoms with Gasteiger partial charge in [0.2, 0.25) is 0 Å². The van der Waals surface area contributed by atoms with Gasteiger partial charge in [-0.3, -0.25) is 0 Å². The zero-order valence-electron chi connectivity index (χ0n) is 19.0. The minimum Gasteiger partial charge on any atom is -0.393 e. The Morgan fingerprint density at radius 2 is 1.41 bits per heavy atom. The highest BCUT2D eigenvalue weighted by Gasteiger charge is 2.22. The van der Waals surface area contributed by atoms with Gasteiger partial charge in [-0.2, -0.15) is 0 Å². The van der Waals surface area contributed by atoms with E-state index in [1.54, 1.807) is 12.5 Å². The normalized spacial score (nSPS) is 10.9. The van der Waals surface area contributed by atoms with Gasteiger partial charge in [-0.1, -0.05) is 72.8 Å². The van der Waals surface area contributed by atoms with Crippen LogP contribution in [0.2, 0.25) is 0 Å². The summed E-state index contributed by atoms with van der Waals surface area (Å²) in [6.45, 7) is 3.39. The van der Waals surface area contributed by atoms with Crippen LogP contribution in [-0.2, 0) is 6.54 Å². The summed E-state index contributed by atoms with van der Waals surface area (Å²) in [6.07, 6.45) is 3.36. The van der Waals surface area contributed by atoms with E-state index in [9.17, 15) is 0 Å². The molecule has 0 aliphatic heterocycles. The third kappa shape index (κ3) is 4.13. The van der Waals surface area contributed by atoms with Crippen molar-refractivity contribution >= 4 is 39.6 Å². The van der Waals surface area contributed by atoms with Crippen molar-refractivity contribution in [2.24, 2.45) is 0 Å². The molecule has 0 spiro atoms. The van der Waals surface area contributed by atoms with Crippen molar-refractivity contribution in [2.75, 3.05) is 22.1 Å². The molecule has 168 valence electrons. The van der Waals surface area contributed by atoms with Gasteiger partial charge < -0.3 is 15.5 Å². The molecule has 0 aliphatic rings. The number of rotatable bonds is 7. The van der Waals surface area contributed by atoms with Gasteiger partial charge >= 0.3 is 0 Å². The smallest absolute Gasteiger partial charge is 0.163 e. The number of nitrogens with zero attached hydrogens (tertiary/aromatic N) is 5. The predicted molar refractivity (Wildman–Crippen MR) is 140 cm³/mol. The minimum atomic E-state index is 0.513. The second-order valence-corrected chi connectivity index (χ2v) is 7.94. The molecule has 0 aliphatic carbocycles. The summed E-state index contributed by atoms with van der Waals surface area (Å²) < 4.78 is 0. The third-order valence-corrected chi connectivity index (χ3v) is 5.84. The summed E-state index contributed by atoms with van der Waals surface area (Å²) >= 11 is 0. The fourth-order valence-corrected chi connectivity index (χ4v) is 4.23. The Bertz CT molecular complexity index is 1380. The van der Waals surface area contributed by atoms with E-state index in [2.05, 4.69) is 75.3 Å². The maximum Gasteiger partial charge on any atom is 0.163 e. The molecule has 34 heavy (non-hydrogen) atoms. The molecule has 0 radical (unpaired) electrons. The predicted octanol–water partition coefficient (Wildman–Crippen LogP) is 6.10. The molecule has 0 bridgehead atoms. The summed E-state index contributed by atoms with van der Waals surface area (Å²) in [7, 11) is 0. The van der Waals surface area contributed by atoms with E-state index in [0.29, 0.717) is 30.4 Å². The molecule has 0 fully saturated rings. The number of nitrogens with two attached hydrogens (primary N) is 1. The molecular formula is C28H26N6. The van der Waals surface area contributed by atoms with Gasteiger partial charge in [-0.25, -0.2) is 15.0 Å². The van der Waals surface area contributed by atoms with Crippen LogP contribution in [-0.4, -0.2) is 21.5 Å². The van der Waals surface area contributed by atoms with Crippen molar-refractivity contribution in [2.45, 2.75) is 13.5 Å². The Morgan fingerprint density at radius 3 is 2.18 bits per heavy atom. The first-order chi connectivity index (χ1) is 16.8. The lowest BCUT2D eigenvalue weighted by molar-refractivity contribution is 0.909. The van der Waals surface area contributed by atoms with Gasteiger partial charge in [-0.15, -0.1) is 0 Å². The Labute approximate surface area is 199 Å². The lowest BCUT2D eigenvalue weighted by atomic mass is 10.1. The quantitative estimate of drug-likeness (QED) is 0.326. The van der Waals surface area contributed by atoms with Gasteiger partial charge in [0.25, 0.3) is 0 Å². The summed E-state index contributed by atoms with van der Waals surface area (Å²) in [5, 5.41) is 2.32. The second-order valence-electron chi connectivity index (χ2n) is 7.94. The van der Waals surface area contributed by atoms with Gasteiger partial charge in [0.1, 0.15) is 17.8 Å². The molecule has 0 saturated carbocycles. The molecule has 0 atom stereocenters. The van der Waals surface area contributed by atoms with E-state index in [0.717, 1.165) is 22.5 Å². The fraction of sp³-hybridized carbons (Fsp3) is 0.107. The number of nitrogen functional groups attached to an aromatic ring is 1. The maximum absolute atomic E-state index is 6.80. The molecule has 6 heteroatoms. The van der Waals surface area contributed by atoms with Crippen molar-refractivity contribution in [1.29, 1.82) is 0 Å². The van der Waals surface area contributed by atoms with E-state index in [-0.39, 0.29) is 0 Å². The van der Waals surface area contributed by atoms with Crippen LogP contribution in [0.15, 0.2) is 104 Å². The molecule has 2 aromatic heterocycles. The molecule has 5 rings (SSSR count). The van der Waals surface area contributed by atoms with Crippen LogP contribution < -0.4 is 15.5 Å². The number of hydrogen-bond acceptors (Lipinski definition) is 6. The molecule has 2 heterocycles. The molecule has 6 nitrogen and oxygen atoms in total. The van der Waals surface area contributed by atoms with Crippen molar-refractivity contribution in [1.82, 2.24) is 15.0 Å². The Morgan fingerprint density at radius 1 is 0.706 bits per heavy atom. The zero-order chi connectivity index (χ0) is 23.3. The van der Waals surface area contributed by atoms with E-state index in [1.807, 2.05) is 47.4 Å². The number of anilines is 5. The highest BCUT2D eigenvalue weighted by atomic mass is 15.3. The Balaban J connectivity index is 1.62. The second kappa shape index (κ2) is 9.58. The summed E-state index contributed by atoms with van der Waals surface area (Å²) in [5.41, 5.74) is 9.50. The highest BCUT2D eigenvalue weighted by Crippen LogP contribution is 2.38. The largest absolute Gasteiger partial charge is 0.393 e.